The van der Waals surface area contributed by atoms with Crippen molar-refractivity contribution in [2.45, 2.75) is 19.4 Å². The Labute approximate surface area is 117 Å². The highest BCUT2D eigenvalue weighted by molar-refractivity contribution is 5.34. The van der Waals surface area contributed by atoms with Gasteiger partial charge in [-0.1, -0.05) is 6.07 Å². The van der Waals surface area contributed by atoms with Gasteiger partial charge in [-0.15, -0.1) is 0 Å². The molecule has 0 aliphatic carbocycles. The number of hydrogen-bond acceptors (Lipinski definition) is 4. The van der Waals surface area contributed by atoms with Crippen LogP contribution in [0.4, 0.5) is 10.1 Å². The predicted molar refractivity (Wildman–Crippen MR) is 75.0 cm³/mol. The van der Waals surface area contributed by atoms with E-state index in [0.717, 1.165) is 25.2 Å². The number of nitrogens with one attached hydrogen (secondary N) is 1. The van der Waals surface area contributed by atoms with Crippen molar-refractivity contribution in [3.8, 4) is 0 Å². The molecule has 1 aromatic rings. The maximum absolute atomic E-state index is 13.5. The largest absolute Gasteiger partial charge is 0.312 e. The molecule has 0 atom stereocenters. The van der Waals surface area contributed by atoms with E-state index >= 15 is 0 Å². The molecular formula is C14H20FN3O2. The molecule has 1 heterocycles. The molecule has 1 aliphatic heterocycles. The van der Waals surface area contributed by atoms with Crippen LogP contribution in [-0.4, -0.2) is 36.5 Å². The van der Waals surface area contributed by atoms with Crippen molar-refractivity contribution in [1.29, 1.82) is 0 Å². The second-order valence-electron chi connectivity index (χ2n) is 5.42. The summed E-state index contributed by atoms with van der Waals surface area (Å²) in [5.41, 5.74) is 0.269. The van der Waals surface area contributed by atoms with Crippen LogP contribution in [0.25, 0.3) is 0 Å². The molecule has 1 N–H and O–H groups in total. The van der Waals surface area contributed by atoms with Gasteiger partial charge < -0.3 is 10.2 Å². The van der Waals surface area contributed by atoms with Crippen molar-refractivity contribution >= 4 is 5.69 Å². The molecule has 110 valence electrons. The molecule has 5 nitrogen and oxygen atoms in total. The van der Waals surface area contributed by atoms with Gasteiger partial charge in [-0.25, -0.2) is 0 Å². The topological polar surface area (TPSA) is 58.4 Å². The third kappa shape index (κ3) is 3.98. The SMILES string of the molecule is CN1CCC(CNCc2ccc([N+](=O)[O-])c(F)c2)CC1. The minimum Gasteiger partial charge on any atom is -0.312 e. The number of nitrogens with zero attached hydrogens (tertiary/aromatic N) is 2. The van der Waals surface area contributed by atoms with Gasteiger partial charge in [0, 0.05) is 12.6 Å². The van der Waals surface area contributed by atoms with Gasteiger partial charge in [0.05, 0.1) is 4.92 Å². The Morgan fingerprint density at radius 3 is 2.75 bits per heavy atom. The molecule has 0 aromatic heterocycles. The van der Waals surface area contributed by atoms with E-state index in [4.69, 9.17) is 0 Å². The number of hydrogen-bond donors (Lipinski definition) is 1. The lowest BCUT2D eigenvalue weighted by atomic mass is 9.97. The van der Waals surface area contributed by atoms with Crippen LogP contribution in [-0.2, 0) is 6.54 Å². The molecule has 0 bridgehead atoms. The van der Waals surface area contributed by atoms with Crippen molar-refractivity contribution in [2.75, 3.05) is 26.7 Å². The summed E-state index contributed by atoms with van der Waals surface area (Å²) in [6, 6.07) is 4.06. The number of piperidine rings is 1. The lowest BCUT2D eigenvalue weighted by molar-refractivity contribution is -0.387. The van der Waals surface area contributed by atoms with Crippen LogP contribution < -0.4 is 5.32 Å². The molecular weight excluding hydrogens is 261 g/mol. The molecule has 0 radical (unpaired) electrons. The molecule has 20 heavy (non-hydrogen) atoms. The zero-order valence-corrected chi connectivity index (χ0v) is 11.6. The molecule has 0 spiro atoms. The van der Waals surface area contributed by atoms with E-state index in [0.29, 0.717) is 12.5 Å². The molecule has 1 fully saturated rings. The first-order valence-electron chi connectivity index (χ1n) is 6.88. The predicted octanol–water partition coefficient (Wildman–Crippen LogP) is 2.17. The van der Waals surface area contributed by atoms with Crippen molar-refractivity contribution < 1.29 is 9.31 Å². The molecule has 1 saturated heterocycles. The Kier molecular flexibility index (Phi) is 5.03. The van der Waals surface area contributed by atoms with Crippen molar-refractivity contribution in [3.05, 3.63) is 39.7 Å². The van der Waals surface area contributed by atoms with Gasteiger partial charge >= 0.3 is 5.69 Å². The summed E-state index contributed by atoms with van der Waals surface area (Å²) in [4.78, 5) is 12.1. The minimum absolute atomic E-state index is 0.468. The molecule has 1 aliphatic rings. The van der Waals surface area contributed by atoms with Crippen LogP contribution in [0.5, 0.6) is 0 Å². The Bertz CT molecular complexity index is 473. The summed E-state index contributed by atoms with van der Waals surface area (Å²) in [5, 5.41) is 13.8. The zero-order valence-electron chi connectivity index (χ0n) is 11.6. The second-order valence-corrected chi connectivity index (χ2v) is 5.42. The average molecular weight is 281 g/mol. The van der Waals surface area contributed by atoms with Gasteiger partial charge in [0.2, 0.25) is 5.82 Å². The van der Waals surface area contributed by atoms with E-state index in [1.54, 1.807) is 6.07 Å². The number of likely N-dealkylation sites (tertiary alicyclic amines) is 1. The Balaban J connectivity index is 1.79. The third-order valence-corrected chi connectivity index (χ3v) is 3.81. The average Bonchev–Trinajstić information content (AvgIpc) is 2.41. The molecule has 6 heteroatoms. The van der Waals surface area contributed by atoms with E-state index < -0.39 is 16.4 Å². The van der Waals surface area contributed by atoms with Crippen LogP contribution in [0.3, 0.4) is 0 Å². The van der Waals surface area contributed by atoms with Crippen LogP contribution in [0.1, 0.15) is 18.4 Å². The second kappa shape index (κ2) is 6.76. The number of rotatable bonds is 5. The first-order valence-corrected chi connectivity index (χ1v) is 6.88. The van der Waals surface area contributed by atoms with Gasteiger partial charge in [-0.05, 0) is 57.1 Å². The summed E-state index contributed by atoms with van der Waals surface area (Å²) in [5.74, 6) is -0.109. The fourth-order valence-corrected chi connectivity index (χ4v) is 2.50. The summed E-state index contributed by atoms with van der Waals surface area (Å²) >= 11 is 0. The normalized spacial score (nSPS) is 17.3. The Hall–Kier alpha value is -1.53. The van der Waals surface area contributed by atoms with Crippen molar-refractivity contribution in [2.24, 2.45) is 5.92 Å². The highest BCUT2D eigenvalue weighted by Gasteiger charge is 2.16. The van der Waals surface area contributed by atoms with Crippen LogP contribution in [0, 0.1) is 21.8 Å². The number of benzene rings is 1. The smallest absolute Gasteiger partial charge is 0.304 e. The summed E-state index contributed by atoms with van der Waals surface area (Å²) < 4.78 is 13.5. The quantitative estimate of drug-likeness (QED) is 0.664. The molecule has 1 aromatic carbocycles. The molecule has 0 amide bonds. The molecule has 2 rings (SSSR count). The van der Waals surface area contributed by atoms with Crippen LogP contribution in [0.2, 0.25) is 0 Å². The standard InChI is InChI=1S/C14H20FN3O2/c1-17-6-4-11(5-7-17)9-16-10-12-2-3-14(18(19)20)13(15)8-12/h2-3,8,11,16H,4-7,9-10H2,1H3. The van der Waals surface area contributed by atoms with Gasteiger partial charge in [0.1, 0.15) is 0 Å². The van der Waals surface area contributed by atoms with Gasteiger partial charge in [0.25, 0.3) is 0 Å². The maximum atomic E-state index is 13.5. The van der Waals surface area contributed by atoms with Crippen molar-refractivity contribution in [3.63, 3.8) is 0 Å². The van der Waals surface area contributed by atoms with E-state index in [9.17, 15) is 14.5 Å². The van der Waals surface area contributed by atoms with Gasteiger partial charge in [0.15, 0.2) is 0 Å². The fourth-order valence-electron chi connectivity index (χ4n) is 2.50. The first-order chi connectivity index (χ1) is 9.56. The van der Waals surface area contributed by atoms with E-state index in [1.165, 1.54) is 25.0 Å². The lowest BCUT2D eigenvalue weighted by Gasteiger charge is -2.29. The number of nitro benzene ring substituents is 1. The van der Waals surface area contributed by atoms with Crippen LogP contribution >= 0.6 is 0 Å². The van der Waals surface area contributed by atoms with Crippen molar-refractivity contribution in [1.82, 2.24) is 10.2 Å². The molecule has 0 unspecified atom stereocenters. The van der Waals surface area contributed by atoms with Gasteiger partial charge in [-0.2, -0.15) is 4.39 Å². The minimum atomic E-state index is -0.770. The summed E-state index contributed by atoms with van der Waals surface area (Å²) in [6.45, 7) is 3.70. The lowest BCUT2D eigenvalue weighted by Crippen LogP contribution is -2.34. The van der Waals surface area contributed by atoms with Gasteiger partial charge in [-0.3, -0.25) is 10.1 Å². The van der Waals surface area contributed by atoms with Crippen LogP contribution in [0.15, 0.2) is 18.2 Å². The number of nitro groups is 1. The zero-order chi connectivity index (χ0) is 14.5. The number of halogens is 1. The fraction of sp³-hybridized carbons (Fsp3) is 0.571. The summed E-state index contributed by atoms with van der Waals surface area (Å²) in [7, 11) is 2.13. The Morgan fingerprint density at radius 1 is 1.45 bits per heavy atom. The Morgan fingerprint density at radius 2 is 2.15 bits per heavy atom. The summed E-state index contributed by atoms with van der Waals surface area (Å²) in [6.07, 6.45) is 2.36. The van der Waals surface area contributed by atoms with E-state index in [-0.39, 0.29) is 0 Å². The van der Waals surface area contributed by atoms with E-state index in [2.05, 4.69) is 17.3 Å². The first kappa shape index (κ1) is 14.9. The third-order valence-electron chi connectivity index (χ3n) is 3.81. The highest BCUT2D eigenvalue weighted by Crippen LogP contribution is 2.18. The monoisotopic (exact) mass is 281 g/mol. The molecule has 0 saturated carbocycles. The maximum Gasteiger partial charge on any atom is 0.304 e. The van der Waals surface area contributed by atoms with E-state index in [1.807, 2.05) is 0 Å². The highest BCUT2D eigenvalue weighted by atomic mass is 19.1.